The lowest BCUT2D eigenvalue weighted by atomic mass is 9.98. The highest BCUT2D eigenvalue weighted by Gasteiger charge is 2.33. The smallest absolute Gasteiger partial charge is 0.187 e. The van der Waals surface area contributed by atoms with Crippen molar-refractivity contribution in [3.8, 4) is 5.75 Å². The van der Waals surface area contributed by atoms with Crippen molar-refractivity contribution in [3.63, 3.8) is 0 Å². The van der Waals surface area contributed by atoms with Crippen LogP contribution in [0.3, 0.4) is 0 Å². The Bertz CT molecular complexity index is 1240. The molecule has 194 valence electrons. The summed E-state index contributed by atoms with van der Waals surface area (Å²) in [6, 6.07) is 20.6. The van der Waals surface area contributed by atoms with Gasteiger partial charge >= 0.3 is 0 Å². The van der Waals surface area contributed by atoms with E-state index in [1.807, 2.05) is 62.4 Å². The molecule has 1 aliphatic heterocycles. The molecule has 0 radical (unpaired) electrons. The van der Waals surface area contributed by atoms with Crippen LogP contribution in [0.2, 0.25) is 10.0 Å². The number of aliphatic hydroxyl groups is 2. The minimum absolute atomic E-state index is 0.0296. The molecule has 2 atom stereocenters. The van der Waals surface area contributed by atoms with Gasteiger partial charge in [0.15, 0.2) is 5.69 Å². The lowest BCUT2D eigenvalue weighted by Crippen LogP contribution is -2.50. The molecule has 37 heavy (non-hydrogen) atoms. The molecule has 6 nitrogen and oxygen atoms in total. The Kier molecular flexibility index (Phi) is 8.63. The van der Waals surface area contributed by atoms with E-state index in [1.54, 1.807) is 18.2 Å². The summed E-state index contributed by atoms with van der Waals surface area (Å²) in [6.07, 6.45) is 0. The van der Waals surface area contributed by atoms with Crippen molar-refractivity contribution in [2.24, 2.45) is 0 Å². The zero-order valence-corrected chi connectivity index (χ0v) is 22.5. The van der Waals surface area contributed by atoms with Gasteiger partial charge in [-0.05, 0) is 49.2 Å². The van der Waals surface area contributed by atoms with Gasteiger partial charge in [-0.3, -0.25) is 4.90 Å². The maximum Gasteiger partial charge on any atom is 0.187 e. The molecule has 3 aromatic carbocycles. The summed E-state index contributed by atoms with van der Waals surface area (Å²) < 4.78 is 5.91. The molecule has 3 aromatic rings. The predicted molar refractivity (Wildman–Crippen MR) is 149 cm³/mol. The third-order valence-electron chi connectivity index (χ3n) is 6.69. The number of nitrogens with zero attached hydrogens (tertiary/aromatic N) is 3. The standard InChI is InChI=1S/C29H31Cl2N3O3/c1-29(2,19-36)37-24-12-13-26(25(31)16-24)34-15-14-33(17-27(34)20-4-8-22(30)9-5-20)28(18-35)21-6-10-23(32-3)11-7-21/h4-13,16,27-28,35-36H,14-15,17-19H2,1-2H3/t27-,28+/m0/s1. The number of hydrogen-bond donors (Lipinski definition) is 2. The van der Waals surface area contributed by atoms with E-state index in [1.165, 1.54) is 0 Å². The van der Waals surface area contributed by atoms with Gasteiger partial charge in [-0.15, -0.1) is 0 Å². The first-order valence-electron chi connectivity index (χ1n) is 12.2. The monoisotopic (exact) mass is 539 g/mol. The molecule has 1 saturated heterocycles. The van der Waals surface area contributed by atoms with E-state index in [-0.39, 0.29) is 25.3 Å². The number of benzene rings is 3. The quantitative estimate of drug-likeness (QED) is 0.329. The van der Waals surface area contributed by atoms with Crippen LogP contribution in [0.25, 0.3) is 4.85 Å². The Morgan fingerprint density at radius 1 is 1.03 bits per heavy atom. The fourth-order valence-electron chi connectivity index (χ4n) is 4.68. The van der Waals surface area contributed by atoms with Crippen molar-refractivity contribution >= 4 is 34.6 Å². The number of halogens is 2. The van der Waals surface area contributed by atoms with Crippen LogP contribution in [0.15, 0.2) is 66.7 Å². The Labute approximate surface area is 228 Å². The molecule has 1 heterocycles. The molecule has 4 rings (SSSR count). The number of hydrogen-bond acceptors (Lipinski definition) is 5. The first kappa shape index (κ1) is 27.3. The molecule has 0 bridgehead atoms. The molecule has 8 heteroatoms. The van der Waals surface area contributed by atoms with Gasteiger partial charge in [0.05, 0.1) is 42.6 Å². The van der Waals surface area contributed by atoms with Gasteiger partial charge in [-0.25, -0.2) is 4.85 Å². The number of piperazine rings is 1. The molecule has 2 N–H and O–H groups in total. The molecule has 1 aliphatic rings. The zero-order chi connectivity index (χ0) is 26.6. The average molecular weight is 540 g/mol. The SMILES string of the molecule is [C-]#[N+]c1ccc([C@@H](CO)N2CCN(c3ccc(OC(C)(C)CO)cc3Cl)[C@H](c3ccc(Cl)cc3)C2)cc1. The van der Waals surface area contributed by atoms with Crippen molar-refractivity contribution in [1.29, 1.82) is 0 Å². The van der Waals surface area contributed by atoms with Gasteiger partial charge in [0.1, 0.15) is 11.4 Å². The normalized spacial score (nSPS) is 17.3. The second kappa shape index (κ2) is 11.7. The minimum atomic E-state index is -0.714. The second-order valence-electron chi connectivity index (χ2n) is 9.79. The third kappa shape index (κ3) is 6.38. The molecule has 0 aromatic heterocycles. The van der Waals surface area contributed by atoms with Crippen LogP contribution in [0, 0.1) is 6.57 Å². The van der Waals surface area contributed by atoms with Crippen LogP contribution in [-0.2, 0) is 0 Å². The van der Waals surface area contributed by atoms with Crippen molar-refractivity contribution < 1.29 is 14.9 Å². The summed E-state index contributed by atoms with van der Waals surface area (Å²) in [4.78, 5) is 8.03. The second-order valence-corrected chi connectivity index (χ2v) is 10.6. The fourth-order valence-corrected chi connectivity index (χ4v) is 5.09. The van der Waals surface area contributed by atoms with E-state index in [2.05, 4.69) is 14.6 Å². The van der Waals surface area contributed by atoms with E-state index in [0.717, 1.165) is 16.8 Å². The first-order chi connectivity index (χ1) is 17.7. The summed E-state index contributed by atoms with van der Waals surface area (Å²) in [5.74, 6) is 0.595. The first-order valence-corrected chi connectivity index (χ1v) is 12.9. The van der Waals surface area contributed by atoms with Gasteiger partial charge in [-0.2, -0.15) is 0 Å². The maximum atomic E-state index is 10.3. The lowest BCUT2D eigenvalue weighted by Gasteiger charge is -2.46. The predicted octanol–water partition coefficient (Wildman–Crippen LogP) is 6.29. The Morgan fingerprint density at radius 2 is 1.73 bits per heavy atom. The minimum Gasteiger partial charge on any atom is -0.485 e. The van der Waals surface area contributed by atoms with Gasteiger partial charge in [0.25, 0.3) is 0 Å². The van der Waals surface area contributed by atoms with Crippen molar-refractivity contribution in [2.75, 3.05) is 37.7 Å². The summed E-state index contributed by atoms with van der Waals surface area (Å²) in [5, 5.41) is 21.1. The molecule has 0 amide bonds. The highest BCUT2D eigenvalue weighted by molar-refractivity contribution is 6.33. The summed E-state index contributed by atoms with van der Waals surface area (Å²) >= 11 is 13.0. The van der Waals surface area contributed by atoms with Gasteiger partial charge in [-0.1, -0.05) is 59.6 Å². The van der Waals surface area contributed by atoms with E-state index in [4.69, 9.17) is 34.5 Å². The third-order valence-corrected chi connectivity index (χ3v) is 7.25. The molecule has 1 fully saturated rings. The van der Waals surface area contributed by atoms with Gasteiger partial charge in [0, 0.05) is 30.7 Å². The zero-order valence-electron chi connectivity index (χ0n) is 20.9. The maximum absolute atomic E-state index is 10.3. The number of aliphatic hydroxyl groups excluding tert-OH is 2. The van der Waals surface area contributed by atoms with Crippen LogP contribution in [0.1, 0.15) is 37.1 Å². The van der Waals surface area contributed by atoms with Gasteiger partial charge in [0.2, 0.25) is 0 Å². The van der Waals surface area contributed by atoms with Crippen molar-refractivity contribution in [1.82, 2.24) is 4.90 Å². The largest absolute Gasteiger partial charge is 0.485 e. The molecule has 0 saturated carbocycles. The van der Waals surface area contributed by atoms with E-state index in [0.29, 0.717) is 41.1 Å². The van der Waals surface area contributed by atoms with Crippen LogP contribution in [-0.4, -0.2) is 53.6 Å². The Balaban J connectivity index is 1.64. The summed E-state index contributed by atoms with van der Waals surface area (Å²) in [5.41, 5.74) is 2.82. The summed E-state index contributed by atoms with van der Waals surface area (Å²) in [6.45, 7) is 12.8. The van der Waals surface area contributed by atoms with E-state index < -0.39 is 5.60 Å². The Hall–Kier alpha value is -2.79. The topological polar surface area (TPSA) is 60.5 Å². The molecular formula is C29H31Cl2N3O3. The molecule has 0 unspecified atom stereocenters. The number of ether oxygens (including phenoxy) is 1. The van der Waals surface area contributed by atoms with Gasteiger partial charge < -0.3 is 19.8 Å². The Morgan fingerprint density at radius 3 is 2.32 bits per heavy atom. The average Bonchev–Trinajstić information content (AvgIpc) is 2.90. The molecular weight excluding hydrogens is 509 g/mol. The van der Waals surface area contributed by atoms with Crippen LogP contribution < -0.4 is 9.64 Å². The van der Waals surface area contributed by atoms with E-state index in [9.17, 15) is 10.2 Å². The number of rotatable bonds is 8. The highest BCUT2D eigenvalue weighted by Crippen LogP contribution is 2.39. The fraction of sp³-hybridized carbons (Fsp3) is 0.345. The van der Waals surface area contributed by atoms with Crippen LogP contribution in [0.4, 0.5) is 11.4 Å². The van der Waals surface area contributed by atoms with Crippen molar-refractivity contribution in [3.05, 3.63) is 99.3 Å². The van der Waals surface area contributed by atoms with Crippen LogP contribution >= 0.6 is 23.2 Å². The summed E-state index contributed by atoms with van der Waals surface area (Å²) in [7, 11) is 0. The number of anilines is 1. The molecule has 0 spiro atoms. The molecule has 0 aliphatic carbocycles. The van der Waals surface area contributed by atoms with Crippen molar-refractivity contribution in [2.45, 2.75) is 31.5 Å². The van der Waals surface area contributed by atoms with E-state index >= 15 is 0 Å². The lowest BCUT2D eigenvalue weighted by molar-refractivity contribution is 0.0412. The highest BCUT2D eigenvalue weighted by atomic mass is 35.5. The van der Waals surface area contributed by atoms with Crippen LogP contribution in [0.5, 0.6) is 5.75 Å².